The van der Waals surface area contributed by atoms with Crippen molar-refractivity contribution in [2.24, 2.45) is 5.73 Å². The highest BCUT2D eigenvalue weighted by Gasteiger charge is 2.45. The molecule has 0 aliphatic carbocycles. The number of hydrogen-bond donors (Lipinski definition) is 3. The predicted molar refractivity (Wildman–Crippen MR) is 111 cm³/mol. The highest BCUT2D eigenvalue weighted by atomic mass is 19.2. The first-order valence-electron chi connectivity index (χ1n) is 9.53. The summed E-state index contributed by atoms with van der Waals surface area (Å²) in [6, 6.07) is 9.76. The highest BCUT2D eigenvalue weighted by Crippen LogP contribution is 2.26. The van der Waals surface area contributed by atoms with Gasteiger partial charge in [0.25, 0.3) is 0 Å². The Morgan fingerprint density at radius 3 is 2.22 bits per heavy atom. The molecule has 10 heteroatoms. The van der Waals surface area contributed by atoms with E-state index in [2.05, 4.69) is 5.32 Å². The minimum atomic E-state index is -2.64. The van der Waals surface area contributed by atoms with Crippen molar-refractivity contribution in [3.8, 4) is 0 Å². The van der Waals surface area contributed by atoms with E-state index in [9.17, 15) is 28.3 Å². The van der Waals surface area contributed by atoms with Gasteiger partial charge in [-0.15, -0.1) is 0 Å². The van der Waals surface area contributed by atoms with Crippen molar-refractivity contribution in [2.75, 3.05) is 5.32 Å². The zero-order valence-corrected chi connectivity index (χ0v) is 17.8. The number of nitrogens with one attached hydrogen (secondary N) is 1. The second-order valence-corrected chi connectivity index (χ2v) is 8.07. The topological polar surface area (TPSA) is 128 Å². The number of benzene rings is 2. The molecule has 2 rings (SSSR count). The predicted octanol–water partition coefficient (Wildman–Crippen LogP) is 3.38. The minimum Gasteiger partial charge on any atom is -0.479 e. The second-order valence-electron chi connectivity index (χ2n) is 8.07. The molecule has 0 bridgehead atoms. The van der Waals surface area contributed by atoms with Crippen LogP contribution in [0.15, 0.2) is 42.5 Å². The van der Waals surface area contributed by atoms with Crippen molar-refractivity contribution in [1.82, 2.24) is 0 Å². The highest BCUT2D eigenvalue weighted by molar-refractivity contribution is 6.04. The lowest BCUT2D eigenvalue weighted by Crippen LogP contribution is -2.57. The average Bonchev–Trinajstić information content (AvgIpc) is 2.69. The van der Waals surface area contributed by atoms with Crippen LogP contribution >= 0.6 is 0 Å². The molecular formula is C22H24F2N2O6. The Labute approximate surface area is 183 Å². The van der Waals surface area contributed by atoms with Crippen LogP contribution in [0.4, 0.5) is 19.3 Å². The van der Waals surface area contributed by atoms with E-state index in [1.807, 2.05) is 0 Å². The summed E-state index contributed by atoms with van der Waals surface area (Å²) >= 11 is 0. The number of carbonyl (C=O) groups is 3. The van der Waals surface area contributed by atoms with Crippen LogP contribution in [-0.2, 0) is 32.1 Å². The lowest BCUT2D eigenvalue weighted by atomic mass is 9.90. The molecule has 1 atom stereocenters. The fourth-order valence-electron chi connectivity index (χ4n) is 2.65. The maximum absolute atomic E-state index is 13.9. The minimum absolute atomic E-state index is 0.240. The molecule has 0 fully saturated rings. The first-order chi connectivity index (χ1) is 14.8. The maximum atomic E-state index is 13.9. The van der Waals surface area contributed by atoms with Gasteiger partial charge >= 0.3 is 18.0 Å². The van der Waals surface area contributed by atoms with Crippen molar-refractivity contribution in [1.29, 1.82) is 0 Å². The number of hydrogen-bond acceptors (Lipinski definition) is 6. The Bertz CT molecular complexity index is 1010. The normalized spacial score (nSPS) is 13.1. The summed E-state index contributed by atoms with van der Waals surface area (Å²) in [5.74, 6) is -5.66. The Morgan fingerprint density at radius 2 is 1.66 bits per heavy atom. The quantitative estimate of drug-likeness (QED) is 0.436. The van der Waals surface area contributed by atoms with Gasteiger partial charge in [0.15, 0.2) is 11.6 Å². The largest absolute Gasteiger partial charge is 0.479 e. The molecule has 0 saturated carbocycles. The fraction of sp³-hybridized carbons (Fsp3) is 0.318. The molecule has 172 valence electrons. The number of carboxylic acid groups (broad SMARTS) is 1. The standard InChI is InChI=1S/C22H24F2N2O6/c1-21(2,3)32-20(30)26-17-10-16(24)15(23)9-14(17)11-22(25,18(27)28)19(29)31-12-13-7-5-4-6-8-13/h4-10H,11-12,25H2,1-3H3,(H,26,30)(H,27,28). The van der Waals surface area contributed by atoms with Gasteiger partial charge in [-0.05, 0) is 38.0 Å². The summed E-state index contributed by atoms with van der Waals surface area (Å²) in [6.45, 7) is 4.54. The fourth-order valence-corrected chi connectivity index (χ4v) is 2.65. The average molecular weight is 450 g/mol. The molecular weight excluding hydrogens is 426 g/mol. The molecule has 0 aliphatic rings. The molecule has 4 N–H and O–H groups in total. The molecule has 0 saturated heterocycles. The maximum Gasteiger partial charge on any atom is 0.412 e. The number of carbonyl (C=O) groups excluding carboxylic acids is 2. The van der Waals surface area contributed by atoms with Crippen LogP contribution in [0.3, 0.4) is 0 Å². The third-order valence-corrected chi connectivity index (χ3v) is 4.21. The van der Waals surface area contributed by atoms with Gasteiger partial charge in [-0.2, -0.15) is 0 Å². The summed E-state index contributed by atoms with van der Waals surface area (Å²) in [4.78, 5) is 36.5. The molecule has 0 radical (unpaired) electrons. The zero-order chi connectivity index (χ0) is 24.1. The number of amides is 1. The van der Waals surface area contributed by atoms with Gasteiger partial charge in [-0.25, -0.2) is 23.2 Å². The molecule has 32 heavy (non-hydrogen) atoms. The van der Waals surface area contributed by atoms with E-state index in [0.717, 1.165) is 0 Å². The lowest BCUT2D eigenvalue weighted by Gasteiger charge is -2.25. The van der Waals surface area contributed by atoms with E-state index < -0.39 is 47.2 Å². The van der Waals surface area contributed by atoms with E-state index in [4.69, 9.17) is 15.2 Å². The number of esters is 1. The molecule has 2 aromatic carbocycles. The summed E-state index contributed by atoms with van der Waals surface area (Å²) in [7, 11) is 0. The van der Waals surface area contributed by atoms with E-state index >= 15 is 0 Å². The first kappa shape index (κ1) is 24.7. The molecule has 0 spiro atoms. The molecule has 1 unspecified atom stereocenters. The van der Waals surface area contributed by atoms with Crippen molar-refractivity contribution in [3.05, 3.63) is 65.2 Å². The van der Waals surface area contributed by atoms with Crippen LogP contribution in [0, 0.1) is 11.6 Å². The van der Waals surface area contributed by atoms with Crippen molar-refractivity contribution >= 4 is 23.7 Å². The summed E-state index contributed by atoms with van der Waals surface area (Å²) < 4.78 is 37.8. The van der Waals surface area contributed by atoms with Gasteiger partial charge in [0.1, 0.15) is 12.2 Å². The molecule has 1 amide bonds. The van der Waals surface area contributed by atoms with Crippen LogP contribution in [0.25, 0.3) is 0 Å². The van der Waals surface area contributed by atoms with Gasteiger partial charge in [0.05, 0.1) is 5.69 Å². The SMILES string of the molecule is CC(C)(C)OC(=O)Nc1cc(F)c(F)cc1CC(N)(C(=O)O)C(=O)OCc1ccccc1. The van der Waals surface area contributed by atoms with Gasteiger partial charge in [0.2, 0.25) is 5.54 Å². The Kier molecular flexibility index (Phi) is 7.52. The second kappa shape index (κ2) is 9.73. The monoisotopic (exact) mass is 450 g/mol. The smallest absolute Gasteiger partial charge is 0.412 e. The number of nitrogens with two attached hydrogens (primary N) is 1. The Hall–Kier alpha value is -3.53. The number of halogens is 2. The van der Waals surface area contributed by atoms with E-state index in [0.29, 0.717) is 17.7 Å². The number of carboxylic acids is 1. The Balaban J connectivity index is 2.30. The van der Waals surface area contributed by atoms with Gasteiger partial charge in [-0.1, -0.05) is 30.3 Å². The third-order valence-electron chi connectivity index (χ3n) is 4.21. The van der Waals surface area contributed by atoms with Crippen LogP contribution < -0.4 is 11.1 Å². The van der Waals surface area contributed by atoms with E-state index in [1.165, 1.54) is 0 Å². The molecule has 8 nitrogen and oxygen atoms in total. The van der Waals surface area contributed by atoms with Crippen molar-refractivity contribution in [3.63, 3.8) is 0 Å². The van der Waals surface area contributed by atoms with Crippen molar-refractivity contribution < 1.29 is 37.7 Å². The molecule has 0 heterocycles. The van der Waals surface area contributed by atoms with Crippen LogP contribution in [0.5, 0.6) is 0 Å². The number of aliphatic carboxylic acids is 1. The first-order valence-corrected chi connectivity index (χ1v) is 9.53. The van der Waals surface area contributed by atoms with Gasteiger partial charge in [-0.3, -0.25) is 5.32 Å². The van der Waals surface area contributed by atoms with Crippen LogP contribution in [-0.4, -0.2) is 34.3 Å². The lowest BCUT2D eigenvalue weighted by molar-refractivity contribution is -0.161. The van der Waals surface area contributed by atoms with Crippen LogP contribution in [0.2, 0.25) is 0 Å². The zero-order valence-electron chi connectivity index (χ0n) is 17.8. The van der Waals surface area contributed by atoms with E-state index in [1.54, 1.807) is 51.1 Å². The summed E-state index contributed by atoms with van der Waals surface area (Å²) in [5.41, 5.74) is 2.37. The molecule has 2 aromatic rings. The van der Waals surface area contributed by atoms with Gasteiger partial charge < -0.3 is 20.3 Å². The molecule has 0 aliphatic heterocycles. The third kappa shape index (κ3) is 6.48. The Morgan fingerprint density at radius 1 is 1.06 bits per heavy atom. The summed E-state index contributed by atoms with van der Waals surface area (Å²) in [5, 5.41) is 11.8. The number of anilines is 1. The van der Waals surface area contributed by atoms with Crippen molar-refractivity contribution in [2.45, 2.75) is 44.9 Å². The summed E-state index contributed by atoms with van der Waals surface area (Å²) in [6.07, 6.45) is -1.78. The van der Waals surface area contributed by atoms with Gasteiger partial charge in [0, 0.05) is 12.5 Å². The molecule has 0 aromatic heterocycles. The van der Waals surface area contributed by atoms with E-state index in [-0.39, 0.29) is 17.9 Å². The van der Waals surface area contributed by atoms with Crippen LogP contribution in [0.1, 0.15) is 31.9 Å². The number of rotatable bonds is 7. The number of ether oxygens (including phenoxy) is 2.